The molecular formula is C10H10ClF3N2O. The predicted octanol–water partition coefficient (Wildman–Crippen LogP) is 3.12. The van der Waals surface area contributed by atoms with Crippen molar-refractivity contribution in [1.29, 1.82) is 0 Å². The van der Waals surface area contributed by atoms with Crippen LogP contribution in [0.15, 0.2) is 23.2 Å². The smallest absolute Gasteiger partial charge is 0.406 e. The molecule has 0 bridgehead atoms. The van der Waals surface area contributed by atoms with E-state index in [2.05, 4.69) is 9.73 Å². The molecule has 1 aromatic rings. The number of alkyl halides is 4. The number of aliphatic imine (C=N–C) groups is 1. The molecule has 0 aromatic heterocycles. The lowest BCUT2D eigenvalue weighted by Crippen LogP contribution is -2.17. The Kier molecular flexibility index (Phi) is 4.22. The number of hydrogen-bond acceptors (Lipinski definition) is 2. The highest BCUT2D eigenvalue weighted by atomic mass is 35.5. The molecule has 0 aliphatic carbocycles. The normalized spacial score (nSPS) is 12.6. The third-order valence-corrected chi connectivity index (χ3v) is 1.95. The maximum atomic E-state index is 12.0. The Morgan fingerprint density at radius 1 is 1.41 bits per heavy atom. The van der Waals surface area contributed by atoms with E-state index in [4.69, 9.17) is 17.3 Å². The Hall–Kier alpha value is -1.43. The first kappa shape index (κ1) is 13.6. The zero-order chi connectivity index (χ0) is 13.1. The molecule has 0 radical (unpaired) electrons. The first-order valence-electron chi connectivity index (χ1n) is 4.56. The molecule has 0 aliphatic heterocycles. The summed E-state index contributed by atoms with van der Waals surface area (Å²) in [5.74, 6) is -0.211. The maximum absolute atomic E-state index is 12.0. The van der Waals surface area contributed by atoms with E-state index >= 15 is 0 Å². The van der Waals surface area contributed by atoms with Crippen LogP contribution in [0, 0.1) is 6.92 Å². The predicted molar refractivity (Wildman–Crippen MR) is 59.9 cm³/mol. The van der Waals surface area contributed by atoms with E-state index in [1.807, 2.05) is 0 Å². The third-order valence-electron chi connectivity index (χ3n) is 1.68. The van der Waals surface area contributed by atoms with Gasteiger partial charge in [0.15, 0.2) is 0 Å². The average molecular weight is 267 g/mol. The molecule has 0 fully saturated rings. The quantitative estimate of drug-likeness (QED) is 0.519. The number of benzene rings is 1. The van der Waals surface area contributed by atoms with Crippen LogP contribution in [-0.2, 0) is 0 Å². The van der Waals surface area contributed by atoms with Crippen LogP contribution in [0.4, 0.5) is 18.9 Å². The van der Waals surface area contributed by atoms with E-state index in [0.717, 1.165) is 6.07 Å². The highest BCUT2D eigenvalue weighted by Crippen LogP contribution is 2.28. The number of aryl methyl sites for hydroxylation is 1. The second-order valence-electron chi connectivity index (χ2n) is 3.29. The fourth-order valence-electron chi connectivity index (χ4n) is 1.18. The van der Waals surface area contributed by atoms with Crippen LogP contribution in [0.3, 0.4) is 0 Å². The zero-order valence-corrected chi connectivity index (χ0v) is 9.64. The van der Waals surface area contributed by atoms with Crippen molar-refractivity contribution < 1.29 is 17.9 Å². The van der Waals surface area contributed by atoms with Gasteiger partial charge in [-0.05, 0) is 24.6 Å². The molecule has 3 nitrogen and oxygen atoms in total. The second-order valence-corrected chi connectivity index (χ2v) is 3.56. The standard InChI is InChI=1S/C10H10ClF3N2O/c1-6-2-7(16-9(15)5-11)4-8(3-6)17-10(12,13)14/h2-4H,5H2,1H3,(H2,15,16). The molecular weight excluding hydrogens is 257 g/mol. The fourth-order valence-corrected chi connectivity index (χ4v) is 1.24. The van der Waals surface area contributed by atoms with Crippen LogP contribution in [0.1, 0.15) is 5.56 Å². The van der Waals surface area contributed by atoms with E-state index in [1.54, 1.807) is 13.0 Å². The summed E-state index contributed by atoms with van der Waals surface area (Å²) in [6, 6.07) is 3.96. The maximum Gasteiger partial charge on any atom is 0.573 e. The van der Waals surface area contributed by atoms with Crippen LogP contribution in [0.5, 0.6) is 5.75 Å². The summed E-state index contributed by atoms with van der Waals surface area (Å²) < 4.78 is 39.9. The van der Waals surface area contributed by atoms with Crippen molar-refractivity contribution in [3.63, 3.8) is 0 Å². The van der Waals surface area contributed by atoms with Gasteiger partial charge in [-0.2, -0.15) is 0 Å². The van der Waals surface area contributed by atoms with E-state index < -0.39 is 6.36 Å². The fraction of sp³-hybridized carbons (Fsp3) is 0.300. The molecule has 0 unspecified atom stereocenters. The second kappa shape index (κ2) is 5.27. The third kappa shape index (κ3) is 4.95. The van der Waals surface area contributed by atoms with Gasteiger partial charge in [0.05, 0.1) is 11.6 Å². The molecule has 1 rings (SSSR count). The molecule has 94 valence electrons. The Morgan fingerprint density at radius 2 is 2.06 bits per heavy atom. The number of amidine groups is 1. The van der Waals surface area contributed by atoms with Crippen LogP contribution in [0.25, 0.3) is 0 Å². The molecule has 0 aliphatic rings. The summed E-state index contributed by atoms with van der Waals surface area (Å²) >= 11 is 5.42. The number of hydrogen-bond donors (Lipinski definition) is 1. The van der Waals surface area contributed by atoms with Gasteiger partial charge < -0.3 is 10.5 Å². The summed E-state index contributed by atoms with van der Waals surface area (Å²) in [5.41, 5.74) is 6.23. The van der Waals surface area contributed by atoms with Gasteiger partial charge in [-0.25, -0.2) is 4.99 Å². The summed E-state index contributed by atoms with van der Waals surface area (Å²) in [4.78, 5) is 3.84. The Bertz CT molecular complexity index is 432. The van der Waals surface area contributed by atoms with Gasteiger partial charge in [-0.15, -0.1) is 24.8 Å². The largest absolute Gasteiger partial charge is 0.573 e. The molecule has 2 N–H and O–H groups in total. The molecule has 0 heterocycles. The molecule has 0 saturated heterocycles. The molecule has 0 saturated carbocycles. The number of halogens is 4. The zero-order valence-electron chi connectivity index (χ0n) is 8.88. The number of nitrogens with two attached hydrogens (primary N) is 1. The molecule has 1 aromatic carbocycles. The van der Waals surface area contributed by atoms with E-state index in [1.165, 1.54) is 6.07 Å². The van der Waals surface area contributed by atoms with Gasteiger partial charge in [0.25, 0.3) is 0 Å². The molecule has 17 heavy (non-hydrogen) atoms. The van der Waals surface area contributed by atoms with E-state index in [9.17, 15) is 13.2 Å². The van der Waals surface area contributed by atoms with Crippen molar-refractivity contribution in [2.45, 2.75) is 13.3 Å². The van der Waals surface area contributed by atoms with Gasteiger partial charge in [0.2, 0.25) is 0 Å². The van der Waals surface area contributed by atoms with E-state index in [-0.39, 0.29) is 23.2 Å². The Balaban J connectivity index is 3.02. The van der Waals surface area contributed by atoms with Crippen molar-refractivity contribution in [3.8, 4) is 5.75 Å². The minimum Gasteiger partial charge on any atom is -0.406 e. The number of ether oxygens (including phenoxy) is 1. The van der Waals surface area contributed by atoms with Gasteiger partial charge in [-0.3, -0.25) is 0 Å². The van der Waals surface area contributed by atoms with Crippen LogP contribution in [-0.4, -0.2) is 18.1 Å². The van der Waals surface area contributed by atoms with Gasteiger partial charge in [0.1, 0.15) is 11.6 Å². The minimum absolute atomic E-state index is 0.00338. The number of rotatable bonds is 3. The van der Waals surface area contributed by atoms with Gasteiger partial charge >= 0.3 is 6.36 Å². The summed E-state index contributed by atoms with van der Waals surface area (Å²) in [7, 11) is 0. The highest BCUT2D eigenvalue weighted by molar-refractivity contribution is 6.28. The highest BCUT2D eigenvalue weighted by Gasteiger charge is 2.31. The van der Waals surface area contributed by atoms with Crippen molar-refractivity contribution in [2.75, 3.05) is 5.88 Å². The van der Waals surface area contributed by atoms with Crippen molar-refractivity contribution >= 4 is 23.1 Å². The topological polar surface area (TPSA) is 47.6 Å². The Labute approximate surface area is 101 Å². The molecule has 0 spiro atoms. The molecule has 0 amide bonds. The van der Waals surface area contributed by atoms with Crippen LogP contribution < -0.4 is 10.5 Å². The first-order valence-corrected chi connectivity index (χ1v) is 5.10. The van der Waals surface area contributed by atoms with Crippen LogP contribution >= 0.6 is 11.6 Å². The van der Waals surface area contributed by atoms with Crippen molar-refractivity contribution in [3.05, 3.63) is 23.8 Å². The summed E-state index contributed by atoms with van der Waals surface area (Å²) in [5, 5.41) is 0. The Morgan fingerprint density at radius 3 is 2.59 bits per heavy atom. The first-order chi connectivity index (χ1) is 7.80. The van der Waals surface area contributed by atoms with Crippen LogP contribution in [0.2, 0.25) is 0 Å². The molecule has 7 heteroatoms. The average Bonchev–Trinajstić information content (AvgIpc) is 2.13. The van der Waals surface area contributed by atoms with Crippen molar-refractivity contribution in [1.82, 2.24) is 0 Å². The number of nitrogens with zero attached hydrogens (tertiary/aromatic N) is 1. The minimum atomic E-state index is -4.73. The SMILES string of the molecule is Cc1cc(N=C(N)CCl)cc(OC(F)(F)F)c1. The summed E-state index contributed by atoms with van der Waals surface area (Å²) in [6.45, 7) is 1.62. The van der Waals surface area contributed by atoms with Gasteiger partial charge in [0, 0.05) is 6.07 Å². The van der Waals surface area contributed by atoms with E-state index in [0.29, 0.717) is 5.56 Å². The van der Waals surface area contributed by atoms with Crippen molar-refractivity contribution in [2.24, 2.45) is 10.7 Å². The summed E-state index contributed by atoms with van der Waals surface area (Å²) in [6.07, 6.45) is -4.73. The van der Waals surface area contributed by atoms with Gasteiger partial charge in [-0.1, -0.05) is 0 Å². The lowest BCUT2D eigenvalue weighted by molar-refractivity contribution is -0.274. The monoisotopic (exact) mass is 266 g/mol. The lowest BCUT2D eigenvalue weighted by atomic mass is 10.2. The molecule has 0 atom stereocenters. The lowest BCUT2D eigenvalue weighted by Gasteiger charge is -2.10.